The van der Waals surface area contributed by atoms with E-state index in [0.717, 1.165) is 12.1 Å². The van der Waals surface area contributed by atoms with E-state index < -0.39 is 34.2 Å². The minimum atomic E-state index is -1.01. The number of rotatable bonds is 2. The van der Waals surface area contributed by atoms with Gasteiger partial charge in [0.2, 0.25) is 0 Å². The van der Waals surface area contributed by atoms with Crippen molar-refractivity contribution < 1.29 is 17.6 Å². The van der Waals surface area contributed by atoms with Gasteiger partial charge in [0.15, 0.2) is 22.6 Å². The zero-order chi connectivity index (χ0) is 20.9. The van der Waals surface area contributed by atoms with Crippen LogP contribution in [0.3, 0.4) is 0 Å². The molecule has 3 aromatic rings. The van der Waals surface area contributed by atoms with Crippen molar-refractivity contribution >= 4 is 28.0 Å². The first-order valence-corrected chi connectivity index (χ1v) is 9.01. The van der Waals surface area contributed by atoms with E-state index in [0.29, 0.717) is 26.2 Å². The van der Waals surface area contributed by atoms with Crippen LogP contribution in [0.25, 0.3) is 22.3 Å². The zero-order valence-corrected chi connectivity index (χ0v) is 15.6. The number of hydrogen-bond acceptors (Lipinski definition) is 6. The highest BCUT2D eigenvalue weighted by molar-refractivity contribution is 5.94. The highest BCUT2D eigenvalue weighted by Crippen LogP contribution is 2.37. The molecule has 2 heterocycles. The fraction of sp³-hybridized carbons (Fsp3) is 0.250. The van der Waals surface area contributed by atoms with Crippen LogP contribution in [-0.4, -0.2) is 38.1 Å². The van der Waals surface area contributed by atoms with Crippen LogP contribution >= 0.6 is 0 Å². The summed E-state index contributed by atoms with van der Waals surface area (Å²) in [5.41, 5.74) is 9.44. The molecule has 0 aliphatic carbocycles. The van der Waals surface area contributed by atoms with Crippen LogP contribution in [0.15, 0.2) is 33.5 Å². The van der Waals surface area contributed by atoms with Gasteiger partial charge in [-0.1, -0.05) is 0 Å². The van der Waals surface area contributed by atoms with Crippen LogP contribution in [0.5, 0.6) is 0 Å². The molecule has 2 aromatic carbocycles. The molecule has 0 bridgehead atoms. The largest absolute Gasteiger partial charge is 0.453 e. The second-order valence-electron chi connectivity index (χ2n) is 7.10. The summed E-state index contributed by atoms with van der Waals surface area (Å²) in [6.45, 7) is 2.02. The van der Waals surface area contributed by atoms with E-state index in [1.54, 1.807) is 0 Å². The van der Waals surface area contributed by atoms with Crippen LogP contribution in [0.2, 0.25) is 0 Å². The SMILES string of the molecule is CN1CCN(c2c(F)c(N)c3c(=O)cc(-c4ccc(N)c(F)c4)oc3c2F)CC1. The average Bonchev–Trinajstić information content (AvgIpc) is 2.69. The Morgan fingerprint density at radius 2 is 1.69 bits per heavy atom. The number of benzene rings is 2. The van der Waals surface area contributed by atoms with E-state index >= 15 is 4.39 Å². The van der Waals surface area contributed by atoms with Gasteiger partial charge in [0, 0.05) is 37.8 Å². The summed E-state index contributed by atoms with van der Waals surface area (Å²) < 4.78 is 49.6. The quantitative estimate of drug-likeness (QED) is 0.639. The maximum atomic E-state index is 15.3. The predicted molar refractivity (Wildman–Crippen MR) is 106 cm³/mol. The van der Waals surface area contributed by atoms with Crippen molar-refractivity contribution in [3.8, 4) is 11.3 Å². The molecule has 9 heteroatoms. The number of halogens is 3. The Morgan fingerprint density at radius 3 is 2.34 bits per heavy atom. The summed E-state index contributed by atoms with van der Waals surface area (Å²) in [6, 6.07) is 4.85. The summed E-state index contributed by atoms with van der Waals surface area (Å²) in [5, 5.41) is -0.377. The number of piperazine rings is 1. The molecule has 4 rings (SSSR count). The molecule has 0 amide bonds. The van der Waals surface area contributed by atoms with E-state index in [4.69, 9.17) is 15.9 Å². The predicted octanol–water partition coefficient (Wildman–Crippen LogP) is 2.79. The first-order valence-electron chi connectivity index (χ1n) is 9.01. The first kappa shape index (κ1) is 19.1. The van der Waals surface area contributed by atoms with Gasteiger partial charge in [-0.15, -0.1) is 0 Å². The highest BCUT2D eigenvalue weighted by Gasteiger charge is 2.28. The zero-order valence-electron chi connectivity index (χ0n) is 15.6. The van der Waals surface area contributed by atoms with Gasteiger partial charge in [0.05, 0.1) is 16.8 Å². The van der Waals surface area contributed by atoms with E-state index in [1.807, 2.05) is 11.9 Å². The van der Waals surface area contributed by atoms with E-state index in [-0.39, 0.29) is 28.1 Å². The van der Waals surface area contributed by atoms with Crippen LogP contribution < -0.4 is 21.8 Å². The van der Waals surface area contributed by atoms with Gasteiger partial charge >= 0.3 is 0 Å². The third-order valence-electron chi connectivity index (χ3n) is 5.17. The maximum Gasteiger partial charge on any atom is 0.195 e. The smallest absolute Gasteiger partial charge is 0.195 e. The summed E-state index contributed by atoms with van der Waals surface area (Å²) in [7, 11) is 1.91. The normalized spacial score (nSPS) is 15.2. The standard InChI is InChI=1S/C20H19F3N4O2/c1-26-4-6-27(7-5-26)19-16(22)18(25)15-13(28)9-14(29-20(15)17(19)23)10-2-3-12(24)11(21)8-10/h2-3,8-9H,4-7,24-25H2,1H3. The minimum absolute atomic E-state index is 0.0735. The molecule has 0 atom stereocenters. The van der Waals surface area contributed by atoms with Gasteiger partial charge in [-0.25, -0.2) is 13.2 Å². The average molecular weight is 404 g/mol. The van der Waals surface area contributed by atoms with E-state index in [9.17, 15) is 13.6 Å². The molecule has 1 aliphatic heterocycles. The molecular formula is C20H19F3N4O2. The van der Waals surface area contributed by atoms with Crippen molar-refractivity contribution in [1.29, 1.82) is 0 Å². The number of anilines is 3. The second-order valence-corrected chi connectivity index (χ2v) is 7.10. The lowest BCUT2D eigenvalue weighted by molar-refractivity contribution is 0.310. The lowest BCUT2D eigenvalue weighted by Gasteiger charge is -2.34. The minimum Gasteiger partial charge on any atom is -0.453 e. The number of nitrogen functional groups attached to an aromatic ring is 2. The number of fused-ring (bicyclic) bond motifs is 1. The monoisotopic (exact) mass is 404 g/mol. The molecule has 1 aromatic heterocycles. The Bertz CT molecular complexity index is 1170. The van der Waals surface area contributed by atoms with Crippen molar-refractivity contribution in [1.82, 2.24) is 4.90 Å². The second kappa shape index (κ2) is 7.00. The van der Waals surface area contributed by atoms with Gasteiger partial charge in [-0.2, -0.15) is 0 Å². The third kappa shape index (κ3) is 3.17. The third-order valence-corrected chi connectivity index (χ3v) is 5.17. The molecular weight excluding hydrogens is 385 g/mol. The lowest BCUT2D eigenvalue weighted by Crippen LogP contribution is -2.45. The van der Waals surface area contributed by atoms with Gasteiger partial charge < -0.3 is 25.7 Å². The van der Waals surface area contributed by atoms with Crippen LogP contribution in [0, 0.1) is 17.5 Å². The summed E-state index contributed by atoms with van der Waals surface area (Å²) >= 11 is 0. The van der Waals surface area contributed by atoms with Gasteiger partial charge in [0.25, 0.3) is 0 Å². The molecule has 0 unspecified atom stereocenters. The Hall–Kier alpha value is -3.20. The van der Waals surface area contributed by atoms with Crippen molar-refractivity contribution in [3.05, 3.63) is 51.9 Å². The molecule has 152 valence electrons. The molecule has 6 nitrogen and oxygen atoms in total. The topological polar surface area (TPSA) is 88.7 Å². The van der Waals surface area contributed by atoms with Crippen LogP contribution in [-0.2, 0) is 0 Å². The van der Waals surface area contributed by atoms with Gasteiger partial charge in [0.1, 0.15) is 17.3 Å². The van der Waals surface area contributed by atoms with Gasteiger partial charge in [-0.05, 0) is 25.2 Å². The number of nitrogens with two attached hydrogens (primary N) is 2. The maximum absolute atomic E-state index is 15.3. The summed E-state index contributed by atoms with van der Waals surface area (Å²) in [6.07, 6.45) is 0. The van der Waals surface area contributed by atoms with Crippen LogP contribution in [0.4, 0.5) is 30.2 Å². The molecule has 1 fully saturated rings. The van der Waals surface area contributed by atoms with Gasteiger partial charge in [-0.3, -0.25) is 4.79 Å². The highest BCUT2D eigenvalue weighted by atomic mass is 19.1. The Balaban J connectivity index is 1.94. The first-order chi connectivity index (χ1) is 13.8. The fourth-order valence-electron chi connectivity index (χ4n) is 3.47. The molecule has 0 spiro atoms. The van der Waals surface area contributed by atoms with Crippen LogP contribution in [0.1, 0.15) is 0 Å². The molecule has 1 saturated heterocycles. The number of likely N-dealkylation sites (N-methyl/N-ethyl adjacent to an activating group) is 1. The molecule has 4 N–H and O–H groups in total. The van der Waals surface area contributed by atoms with E-state index in [1.165, 1.54) is 17.0 Å². The molecule has 29 heavy (non-hydrogen) atoms. The summed E-state index contributed by atoms with van der Waals surface area (Å²) in [4.78, 5) is 16.1. The van der Waals surface area contributed by atoms with Crippen molar-refractivity contribution in [2.45, 2.75) is 0 Å². The molecule has 0 saturated carbocycles. The van der Waals surface area contributed by atoms with Crippen molar-refractivity contribution in [2.75, 3.05) is 49.6 Å². The number of hydrogen-bond donors (Lipinski definition) is 2. The summed E-state index contributed by atoms with van der Waals surface area (Å²) in [5.74, 6) is -2.78. The fourth-order valence-corrected chi connectivity index (χ4v) is 3.47. The Morgan fingerprint density at radius 1 is 1.00 bits per heavy atom. The molecule has 0 radical (unpaired) electrons. The van der Waals surface area contributed by atoms with Crippen molar-refractivity contribution in [3.63, 3.8) is 0 Å². The Kier molecular flexibility index (Phi) is 4.62. The van der Waals surface area contributed by atoms with E-state index in [2.05, 4.69) is 0 Å². The number of nitrogens with zero attached hydrogens (tertiary/aromatic N) is 2. The van der Waals surface area contributed by atoms with Crippen molar-refractivity contribution in [2.24, 2.45) is 0 Å². The Labute approximate surface area is 164 Å². The molecule has 1 aliphatic rings. The lowest BCUT2D eigenvalue weighted by atomic mass is 10.1.